The SMILES string of the molecule is CC(=O)c1ccc(OC(C)C(=O)NNC(=O)c2cc(-c3ccccc3)n[nH]2)cc1. The van der Waals surface area contributed by atoms with Crippen molar-refractivity contribution in [2.24, 2.45) is 0 Å². The third-order valence-corrected chi connectivity index (χ3v) is 4.13. The summed E-state index contributed by atoms with van der Waals surface area (Å²) in [6.07, 6.45) is -0.861. The van der Waals surface area contributed by atoms with E-state index in [1.54, 1.807) is 37.3 Å². The monoisotopic (exact) mass is 392 g/mol. The first kappa shape index (κ1) is 19.8. The fourth-order valence-corrected chi connectivity index (χ4v) is 2.51. The highest BCUT2D eigenvalue weighted by Crippen LogP contribution is 2.17. The standard InChI is InChI=1S/C21H20N4O4/c1-13(26)15-8-10-17(11-9-15)29-14(2)20(27)24-25-21(28)19-12-18(22-23-19)16-6-4-3-5-7-16/h3-12,14H,1-2H3,(H,22,23)(H,24,27)(H,25,28). The van der Waals surface area contributed by atoms with Crippen LogP contribution < -0.4 is 15.6 Å². The van der Waals surface area contributed by atoms with E-state index in [0.29, 0.717) is 17.0 Å². The van der Waals surface area contributed by atoms with Gasteiger partial charge in [-0.3, -0.25) is 30.3 Å². The number of carbonyl (C=O) groups excluding carboxylic acids is 3. The largest absolute Gasteiger partial charge is 0.481 e. The molecule has 0 aliphatic heterocycles. The van der Waals surface area contributed by atoms with E-state index in [9.17, 15) is 14.4 Å². The van der Waals surface area contributed by atoms with Gasteiger partial charge in [-0.1, -0.05) is 30.3 Å². The number of hydrogen-bond acceptors (Lipinski definition) is 5. The number of benzene rings is 2. The van der Waals surface area contributed by atoms with E-state index in [4.69, 9.17) is 4.74 Å². The van der Waals surface area contributed by atoms with Gasteiger partial charge in [0.2, 0.25) is 0 Å². The normalized spacial score (nSPS) is 11.4. The van der Waals surface area contributed by atoms with Crippen LogP contribution in [0, 0.1) is 0 Å². The van der Waals surface area contributed by atoms with E-state index in [1.165, 1.54) is 6.92 Å². The molecule has 0 radical (unpaired) electrons. The summed E-state index contributed by atoms with van der Waals surface area (Å²) in [5.74, 6) is -0.688. The lowest BCUT2D eigenvalue weighted by Gasteiger charge is -2.15. The van der Waals surface area contributed by atoms with Crippen molar-refractivity contribution in [2.45, 2.75) is 20.0 Å². The summed E-state index contributed by atoms with van der Waals surface area (Å²) in [4.78, 5) is 35.6. The van der Waals surface area contributed by atoms with Crippen LogP contribution in [0.3, 0.4) is 0 Å². The number of ketones is 1. The molecule has 8 nitrogen and oxygen atoms in total. The second-order valence-electron chi connectivity index (χ2n) is 6.32. The molecular weight excluding hydrogens is 372 g/mol. The van der Waals surface area contributed by atoms with Gasteiger partial charge < -0.3 is 4.74 Å². The van der Waals surface area contributed by atoms with Gasteiger partial charge in [0.05, 0.1) is 5.69 Å². The zero-order valence-electron chi connectivity index (χ0n) is 15.9. The summed E-state index contributed by atoms with van der Waals surface area (Å²) >= 11 is 0. The predicted molar refractivity (Wildman–Crippen MR) is 106 cm³/mol. The molecule has 3 aromatic rings. The maximum atomic E-state index is 12.2. The molecule has 3 N–H and O–H groups in total. The van der Waals surface area contributed by atoms with E-state index >= 15 is 0 Å². The third-order valence-electron chi connectivity index (χ3n) is 4.13. The highest BCUT2D eigenvalue weighted by Gasteiger charge is 2.17. The predicted octanol–water partition coefficient (Wildman–Crippen LogP) is 2.51. The molecule has 0 aliphatic rings. The molecule has 1 atom stereocenters. The minimum Gasteiger partial charge on any atom is -0.481 e. The van der Waals surface area contributed by atoms with Crippen LogP contribution in [0.5, 0.6) is 5.75 Å². The molecule has 1 unspecified atom stereocenters. The van der Waals surface area contributed by atoms with Gasteiger partial charge in [-0.25, -0.2) is 0 Å². The second kappa shape index (κ2) is 8.83. The summed E-state index contributed by atoms with van der Waals surface area (Å²) in [6, 6.07) is 17.4. The molecule has 0 saturated heterocycles. The lowest BCUT2D eigenvalue weighted by molar-refractivity contribution is -0.128. The van der Waals surface area contributed by atoms with Gasteiger partial charge in [-0.2, -0.15) is 5.10 Å². The number of amides is 2. The Balaban J connectivity index is 1.52. The summed E-state index contributed by atoms with van der Waals surface area (Å²) in [5, 5.41) is 6.74. The number of hydrogen-bond donors (Lipinski definition) is 3. The number of ether oxygens (including phenoxy) is 1. The molecule has 0 spiro atoms. The van der Waals surface area contributed by atoms with Crippen LogP contribution in [0.2, 0.25) is 0 Å². The average molecular weight is 392 g/mol. The molecule has 1 heterocycles. The Morgan fingerprint density at radius 1 is 1.00 bits per heavy atom. The van der Waals surface area contributed by atoms with E-state index in [1.807, 2.05) is 30.3 Å². The number of nitrogens with one attached hydrogen (secondary N) is 3. The van der Waals surface area contributed by atoms with Crippen LogP contribution in [0.1, 0.15) is 34.7 Å². The quantitative estimate of drug-likeness (QED) is 0.441. The molecule has 0 bridgehead atoms. The number of nitrogens with zero attached hydrogens (tertiary/aromatic N) is 1. The fraction of sp³-hybridized carbons (Fsp3) is 0.143. The van der Waals surface area contributed by atoms with E-state index in [-0.39, 0.29) is 11.5 Å². The molecule has 0 aliphatic carbocycles. The van der Waals surface area contributed by atoms with Crippen molar-refractivity contribution in [2.75, 3.05) is 0 Å². The molecule has 29 heavy (non-hydrogen) atoms. The van der Waals surface area contributed by atoms with Gasteiger partial charge in [0, 0.05) is 11.1 Å². The first-order chi connectivity index (χ1) is 13.9. The Kier molecular flexibility index (Phi) is 6.03. The van der Waals surface area contributed by atoms with Crippen molar-refractivity contribution in [3.8, 4) is 17.0 Å². The number of Topliss-reactive ketones (excluding diaryl/α,β-unsaturated/α-hetero) is 1. The topological polar surface area (TPSA) is 113 Å². The summed E-state index contributed by atoms with van der Waals surface area (Å²) in [7, 11) is 0. The van der Waals surface area contributed by atoms with Crippen molar-refractivity contribution >= 4 is 17.6 Å². The van der Waals surface area contributed by atoms with Crippen LogP contribution in [0.4, 0.5) is 0 Å². The highest BCUT2D eigenvalue weighted by atomic mass is 16.5. The smallest absolute Gasteiger partial charge is 0.287 e. The van der Waals surface area contributed by atoms with Gasteiger partial charge >= 0.3 is 0 Å². The number of carbonyl (C=O) groups is 3. The lowest BCUT2D eigenvalue weighted by Crippen LogP contribution is -2.47. The van der Waals surface area contributed by atoms with Crippen LogP contribution in [0.15, 0.2) is 60.7 Å². The first-order valence-electron chi connectivity index (χ1n) is 8.92. The maximum absolute atomic E-state index is 12.2. The number of rotatable bonds is 6. The Labute approximate surface area is 167 Å². The zero-order valence-corrected chi connectivity index (χ0v) is 15.9. The summed E-state index contributed by atoms with van der Waals surface area (Å²) in [5.41, 5.74) is 6.88. The van der Waals surface area contributed by atoms with Crippen molar-refractivity contribution < 1.29 is 19.1 Å². The van der Waals surface area contributed by atoms with Crippen molar-refractivity contribution in [3.63, 3.8) is 0 Å². The lowest BCUT2D eigenvalue weighted by atomic mass is 10.1. The molecule has 1 aromatic heterocycles. The molecular formula is C21H20N4O4. The minimum atomic E-state index is -0.861. The van der Waals surface area contributed by atoms with Crippen LogP contribution in [-0.2, 0) is 4.79 Å². The summed E-state index contributed by atoms with van der Waals surface area (Å²) in [6.45, 7) is 3.02. The zero-order chi connectivity index (χ0) is 20.8. The molecule has 3 rings (SSSR count). The summed E-state index contributed by atoms with van der Waals surface area (Å²) < 4.78 is 5.52. The van der Waals surface area contributed by atoms with Gasteiger partial charge in [0.25, 0.3) is 11.8 Å². The fourth-order valence-electron chi connectivity index (χ4n) is 2.51. The van der Waals surface area contributed by atoms with E-state index < -0.39 is 17.9 Å². The second-order valence-corrected chi connectivity index (χ2v) is 6.32. The first-order valence-corrected chi connectivity index (χ1v) is 8.92. The van der Waals surface area contributed by atoms with Crippen molar-refractivity contribution in [1.29, 1.82) is 0 Å². The molecule has 0 saturated carbocycles. The van der Waals surface area contributed by atoms with Crippen LogP contribution in [0.25, 0.3) is 11.3 Å². The van der Waals surface area contributed by atoms with Crippen LogP contribution >= 0.6 is 0 Å². The molecule has 8 heteroatoms. The molecule has 0 fully saturated rings. The molecule has 148 valence electrons. The number of H-pyrrole nitrogens is 1. The Hall–Kier alpha value is -3.94. The third kappa shape index (κ3) is 5.07. The Bertz CT molecular complexity index is 1010. The van der Waals surface area contributed by atoms with Crippen molar-refractivity contribution in [1.82, 2.24) is 21.0 Å². The van der Waals surface area contributed by atoms with Gasteiger partial charge in [0.15, 0.2) is 11.9 Å². The minimum absolute atomic E-state index is 0.0562. The van der Waals surface area contributed by atoms with E-state index in [2.05, 4.69) is 21.0 Å². The van der Waals surface area contributed by atoms with Crippen LogP contribution in [-0.4, -0.2) is 33.9 Å². The van der Waals surface area contributed by atoms with Gasteiger partial charge in [0.1, 0.15) is 11.4 Å². The molecule has 2 aromatic carbocycles. The number of aromatic nitrogens is 2. The van der Waals surface area contributed by atoms with E-state index in [0.717, 1.165) is 5.56 Å². The molecule has 2 amide bonds. The maximum Gasteiger partial charge on any atom is 0.287 e. The van der Waals surface area contributed by atoms with Crippen molar-refractivity contribution in [3.05, 3.63) is 71.9 Å². The van der Waals surface area contributed by atoms with Gasteiger partial charge in [-0.15, -0.1) is 0 Å². The Morgan fingerprint density at radius 2 is 1.69 bits per heavy atom. The number of aromatic amines is 1. The Morgan fingerprint density at radius 3 is 2.34 bits per heavy atom. The van der Waals surface area contributed by atoms with Gasteiger partial charge in [-0.05, 0) is 44.2 Å². The highest BCUT2D eigenvalue weighted by molar-refractivity contribution is 5.95. The number of hydrazine groups is 1. The average Bonchev–Trinajstić information content (AvgIpc) is 3.23.